The van der Waals surface area contributed by atoms with Crippen LogP contribution in [0.2, 0.25) is 0 Å². The van der Waals surface area contributed by atoms with Gasteiger partial charge in [-0.1, -0.05) is 18.2 Å². The van der Waals surface area contributed by atoms with E-state index < -0.39 is 11.7 Å². The summed E-state index contributed by atoms with van der Waals surface area (Å²) in [7, 11) is 0. The second-order valence-electron chi connectivity index (χ2n) is 3.73. The Kier molecular flexibility index (Phi) is 4.21. The van der Waals surface area contributed by atoms with Crippen LogP contribution in [0.15, 0.2) is 24.3 Å². The predicted molar refractivity (Wildman–Crippen MR) is 58.7 cm³/mol. The van der Waals surface area contributed by atoms with Gasteiger partial charge in [0.1, 0.15) is 0 Å². The molecule has 0 saturated carbocycles. The Morgan fingerprint density at radius 2 is 1.88 bits per heavy atom. The second kappa shape index (κ2) is 5.06. The molecule has 1 aliphatic heterocycles. The quantitative estimate of drug-likeness (QED) is 0.805. The summed E-state index contributed by atoms with van der Waals surface area (Å²) in [6.45, 7) is 0.802. The first-order chi connectivity index (χ1) is 7.09. The third-order valence-electron chi connectivity index (χ3n) is 2.70. The van der Waals surface area contributed by atoms with E-state index in [1.807, 2.05) is 0 Å². The van der Waals surface area contributed by atoms with E-state index in [9.17, 15) is 13.2 Å². The summed E-state index contributed by atoms with van der Waals surface area (Å²) in [5.41, 5.74) is -0.132. The number of hydrogen-bond acceptors (Lipinski definition) is 1. The van der Waals surface area contributed by atoms with Crippen LogP contribution in [0.1, 0.15) is 30.0 Å². The number of benzene rings is 1. The maximum absolute atomic E-state index is 12.7. The number of alkyl halides is 3. The molecule has 1 aromatic rings. The first-order valence-corrected chi connectivity index (χ1v) is 4.98. The largest absolute Gasteiger partial charge is 0.416 e. The standard InChI is InChI=1S/C11H12F3N.ClH/c12-11(13,14)9-5-2-1-4-8(9)10-6-3-7-15-10;/h1-2,4-5,10,15H,3,6-7H2;1H/t10-;/m1./s1. The zero-order chi connectivity index (χ0) is 10.9. The van der Waals surface area contributed by atoms with Gasteiger partial charge in [-0.05, 0) is 31.0 Å². The zero-order valence-corrected chi connectivity index (χ0v) is 9.37. The van der Waals surface area contributed by atoms with E-state index in [0.29, 0.717) is 5.56 Å². The average Bonchev–Trinajstić information content (AvgIpc) is 2.69. The van der Waals surface area contributed by atoms with Crippen LogP contribution in [0.3, 0.4) is 0 Å². The van der Waals surface area contributed by atoms with Crippen LogP contribution in [0.4, 0.5) is 13.2 Å². The molecule has 0 bridgehead atoms. The molecular formula is C11H13ClF3N. The van der Waals surface area contributed by atoms with Crippen LogP contribution in [0.5, 0.6) is 0 Å². The van der Waals surface area contributed by atoms with Crippen molar-refractivity contribution in [1.82, 2.24) is 5.32 Å². The topological polar surface area (TPSA) is 12.0 Å². The van der Waals surface area contributed by atoms with Crippen LogP contribution in [0, 0.1) is 0 Å². The molecule has 1 aromatic carbocycles. The lowest BCUT2D eigenvalue weighted by molar-refractivity contribution is -0.138. The fourth-order valence-electron chi connectivity index (χ4n) is 2.01. The molecule has 2 rings (SSSR count). The molecule has 1 N–H and O–H groups in total. The maximum Gasteiger partial charge on any atom is 0.416 e. The normalized spacial score (nSPS) is 20.6. The summed E-state index contributed by atoms with van der Waals surface area (Å²) in [4.78, 5) is 0. The summed E-state index contributed by atoms with van der Waals surface area (Å²) in [5.74, 6) is 0. The van der Waals surface area contributed by atoms with Crippen LogP contribution in [0.25, 0.3) is 0 Å². The maximum atomic E-state index is 12.7. The van der Waals surface area contributed by atoms with Crippen molar-refractivity contribution in [3.8, 4) is 0 Å². The number of hydrogen-bond donors (Lipinski definition) is 1. The summed E-state index contributed by atoms with van der Waals surface area (Å²) >= 11 is 0. The number of rotatable bonds is 1. The van der Waals surface area contributed by atoms with Crippen molar-refractivity contribution in [3.05, 3.63) is 35.4 Å². The number of nitrogens with one attached hydrogen (secondary N) is 1. The van der Waals surface area contributed by atoms with Gasteiger partial charge in [-0.25, -0.2) is 0 Å². The van der Waals surface area contributed by atoms with Crippen molar-refractivity contribution in [2.24, 2.45) is 0 Å². The third-order valence-corrected chi connectivity index (χ3v) is 2.70. The number of halogens is 4. The van der Waals surface area contributed by atoms with E-state index >= 15 is 0 Å². The fraction of sp³-hybridized carbons (Fsp3) is 0.455. The van der Waals surface area contributed by atoms with Gasteiger partial charge in [-0.15, -0.1) is 12.4 Å². The first-order valence-electron chi connectivity index (χ1n) is 4.98. The van der Waals surface area contributed by atoms with E-state index in [4.69, 9.17) is 0 Å². The highest BCUT2D eigenvalue weighted by molar-refractivity contribution is 5.85. The van der Waals surface area contributed by atoms with Crippen molar-refractivity contribution in [3.63, 3.8) is 0 Å². The highest BCUT2D eigenvalue weighted by Gasteiger charge is 2.35. The Morgan fingerprint density at radius 3 is 2.44 bits per heavy atom. The molecule has 16 heavy (non-hydrogen) atoms. The molecular weight excluding hydrogens is 239 g/mol. The molecule has 0 unspecified atom stereocenters. The third kappa shape index (κ3) is 2.68. The molecule has 0 aromatic heterocycles. The van der Waals surface area contributed by atoms with E-state index in [1.54, 1.807) is 12.1 Å². The molecule has 1 nitrogen and oxygen atoms in total. The molecule has 1 saturated heterocycles. The molecule has 0 radical (unpaired) electrons. The minimum Gasteiger partial charge on any atom is -0.310 e. The predicted octanol–water partition coefficient (Wildman–Crippen LogP) is 3.55. The lowest BCUT2D eigenvalue weighted by Gasteiger charge is -2.17. The summed E-state index contributed by atoms with van der Waals surface area (Å²) in [5, 5.41) is 3.09. The summed E-state index contributed by atoms with van der Waals surface area (Å²) in [6, 6.07) is 5.66. The lowest BCUT2D eigenvalue weighted by Crippen LogP contribution is -2.18. The molecule has 1 atom stereocenters. The van der Waals surface area contributed by atoms with Crippen molar-refractivity contribution in [2.45, 2.75) is 25.1 Å². The molecule has 0 aliphatic carbocycles. The minimum absolute atomic E-state index is 0. The van der Waals surface area contributed by atoms with Crippen molar-refractivity contribution in [2.75, 3.05) is 6.54 Å². The fourth-order valence-corrected chi connectivity index (χ4v) is 2.01. The van der Waals surface area contributed by atoms with Gasteiger partial charge < -0.3 is 5.32 Å². The lowest BCUT2D eigenvalue weighted by atomic mass is 9.99. The second-order valence-corrected chi connectivity index (χ2v) is 3.73. The molecule has 1 fully saturated rings. The Balaban J connectivity index is 0.00000128. The smallest absolute Gasteiger partial charge is 0.310 e. The molecule has 0 spiro atoms. The van der Waals surface area contributed by atoms with Gasteiger partial charge in [0.05, 0.1) is 5.56 Å². The van der Waals surface area contributed by atoms with Crippen LogP contribution in [-0.2, 0) is 6.18 Å². The Labute approximate surface area is 98.4 Å². The van der Waals surface area contributed by atoms with Gasteiger partial charge in [0.25, 0.3) is 0 Å². The van der Waals surface area contributed by atoms with Crippen LogP contribution < -0.4 is 5.32 Å². The van der Waals surface area contributed by atoms with E-state index in [-0.39, 0.29) is 18.4 Å². The van der Waals surface area contributed by atoms with Gasteiger partial charge in [-0.2, -0.15) is 13.2 Å². The minimum atomic E-state index is -4.25. The molecule has 1 heterocycles. The highest BCUT2D eigenvalue weighted by Crippen LogP contribution is 2.36. The molecule has 0 amide bonds. The summed E-state index contributed by atoms with van der Waals surface area (Å²) < 4.78 is 38.0. The Morgan fingerprint density at radius 1 is 1.19 bits per heavy atom. The van der Waals surface area contributed by atoms with Crippen LogP contribution >= 0.6 is 12.4 Å². The van der Waals surface area contributed by atoms with Gasteiger partial charge in [0.2, 0.25) is 0 Å². The van der Waals surface area contributed by atoms with Gasteiger partial charge in [-0.3, -0.25) is 0 Å². The van der Waals surface area contributed by atoms with Gasteiger partial charge in [0.15, 0.2) is 0 Å². The van der Waals surface area contributed by atoms with Gasteiger partial charge >= 0.3 is 6.18 Å². The summed E-state index contributed by atoms with van der Waals surface area (Å²) in [6.07, 6.45) is -2.52. The van der Waals surface area contributed by atoms with Crippen LogP contribution in [-0.4, -0.2) is 6.54 Å². The van der Waals surface area contributed by atoms with Crippen molar-refractivity contribution < 1.29 is 13.2 Å². The molecule has 1 aliphatic rings. The average molecular weight is 252 g/mol. The van der Waals surface area contributed by atoms with Crippen molar-refractivity contribution >= 4 is 12.4 Å². The first kappa shape index (κ1) is 13.3. The highest BCUT2D eigenvalue weighted by atomic mass is 35.5. The van der Waals surface area contributed by atoms with Crippen molar-refractivity contribution in [1.29, 1.82) is 0 Å². The molecule has 5 heteroatoms. The van der Waals surface area contributed by atoms with E-state index in [2.05, 4.69) is 5.32 Å². The Bertz CT molecular complexity index is 345. The monoisotopic (exact) mass is 251 g/mol. The SMILES string of the molecule is Cl.FC(F)(F)c1ccccc1[C@H]1CCCN1. The molecule has 90 valence electrons. The van der Waals surface area contributed by atoms with E-state index in [0.717, 1.165) is 25.5 Å². The van der Waals surface area contributed by atoms with E-state index in [1.165, 1.54) is 6.07 Å². The Hall–Kier alpha value is -0.740. The zero-order valence-electron chi connectivity index (χ0n) is 8.55. The van der Waals surface area contributed by atoms with Gasteiger partial charge in [0, 0.05) is 6.04 Å².